The summed E-state index contributed by atoms with van der Waals surface area (Å²) in [5.41, 5.74) is 0.309. The number of nitrogens with zero attached hydrogens (tertiary/aromatic N) is 2. The van der Waals surface area contributed by atoms with Gasteiger partial charge in [-0.2, -0.15) is 16.8 Å². The van der Waals surface area contributed by atoms with Crippen LogP contribution in [0, 0.1) is 0 Å². The third-order valence-corrected chi connectivity index (χ3v) is 6.76. The maximum absolute atomic E-state index is 12.8. The predicted molar refractivity (Wildman–Crippen MR) is 112 cm³/mol. The van der Waals surface area contributed by atoms with Gasteiger partial charge in [-0.1, -0.05) is 29.8 Å². The molecule has 150 valence electrons. The number of rotatable bonds is 5. The highest BCUT2D eigenvalue weighted by atomic mass is 35.5. The molecule has 4 rings (SSSR count). The van der Waals surface area contributed by atoms with E-state index in [4.69, 9.17) is 16.0 Å². The second-order valence-electron chi connectivity index (χ2n) is 5.98. The molecule has 1 aromatic heterocycles. The van der Waals surface area contributed by atoms with Gasteiger partial charge in [0, 0.05) is 16.5 Å². The van der Waals surface area contributed by atoms with Gasteiger partial charge in [0.05, 0.1) is 17.9 Å². The van der Waals surface area contributed by atoms with Crippen LogP contribution in [0.25, 0.3) is 11.0 Å². The molecule has 0 aliphatic carbocycles. The van der Waals surface area contributed by atoms with Crippen molar-refractivity contribution in [1.82, 2.24) is 0 Å². The number of halogens is 1. The van der Waals surface area contributed by atoms with E-state index in [9.17, 15) is 16.8 Å². The second-order valence-corrected chi connectivity index (χ2v) is 9.72. The SMILES string of the molecule is O=S(=O)(Nc1ccc(Cl)cc1NS(=O)(=O)c1cc2ccccc2o1)C1=NC=NC1. The fourth-order valence-corrected chi connectivity index (χ4v) is 4.83. The highest BCUT2D eigenvalue weighted by Crippen LogP contribution is 2.31. The number of anilines is 2. The monoisotopic (exact) mass is 452 g/mol. The molecule has 0 unspecified atom stereocenters. The normalized spacial score (nSPS) is 14.2. The van der Waals surface area contributed by atoms with Crippen LogP contribution < -0.4 is 9.44 Å². The van der Waals surface area contributed by atoms with Gasteiger partial charge in [0.15, 0.2) is 5.04 Å². The van der Waals surface area contributed by atoms with Gasteiger partial charge in [-0.05, 0) is 24.3 Å². The molecule has 3 aromatic rings. The van der Waals surface area contributed by atoms with E-state index >= 15 is 0 Å². The molecule has 0 spiro atoms. The Hall–Kier alpha value is -2.89. The number of fused-ring (bicyclic) bond motifs is 1. The van der Waals surface area contributed by atoms with Gasteiger partial charge < -0.3 is 4.42 Å². The van der Waals surface area contributed by atoms with Crippen LogP contribution >= 0.6 is 11.6 Å². The molecule has 9 nitrogen and oxygen atoms in total. The smallest absolute Gasteiger partial charge is 0.295 e. The molecule has 2 aromatic carbocycles. The summed E-state index contributed by atoms with van der Waals surface area (Å²) in [4.78, 5) is 7.43. The number of hydrogen-bond acceptors (Lipinski definition) is 7. The maximum Gasteiger partial charge on any atom is 0.295 e. The summed E-state index contributed by atoms with van der Waals surface area (Å²) >= 11 is 5.98. The van der Waals surface area contributed by atoms with Crippen LogP contribution in [0.2, 0.25) is 5.02 Å². The number of nitrogens with one attached hydrogen (secondary N) is 2. The molecule has 0 fully saturated rings. The van der Waals surface area contributed by atoms with Crippen LogP contribution in [0.5, 0.6) is 0 Å². The summed E-state index contributed by atoms with van der Waals surface area (Å²) in [6.45, 7) is -0.0943. The number of hydrogen-bond donors (Lipinski definition) is 2. The van der Waals surface area contributed by atoms with Gasteiger partial charge in [0.25, 0.3) is 20.0 Å². The summed E-state index contributed by atoms with van der Waals surface area (Å²) in [5.74, 6) is 0. The van der Waals surface area contributed by atoms with E-state index in [1.807, 2.05) is 0 Å². The topological polar surface area (TPSA) is 130 Å². The lowest BCUT2D eigenvalue weighted by molar-refractivity contribution is 0.484. The van der Waals surface area contributed by atoms with Crippen molar-refractivity contribution in [2.75, 3.05) is 16.0 Å². The molecule has 29 heavy (non-hydrogen) atoms. The molecule has 0 saturated carbocycles. The van der Waals surface area contributed by atoms with E-state index in [1.165, 1.54) is 24.3 Å². The molecule has 12 heteroatoms. The second kappa shape index (κ2) is 7.17. The van der Waals surface area contributed by atoms with Crippen LogP contribution in [0.4, 0.5) is 11.4 Å². The average molecular weight is 453 g/mol. The van der Waals surface area contributed by atoms with Crippen LogP contribution in [-0.4, -0.2) is 34.8 Å². The predicted octanol–water partition coefficient (Wildman–Crippen LogP) is 3.07. The van der Waals surface area contributed by atoms with E-state index in [0.29, 0.717) is 11.0 Å². The van der Waals surface area contributed by atoms with E-state index in [1.54, 1.807) is 24.3 Å². The molecule has 1 aliphatic rings. The molecule has 0 amide bonds. The highest BCUT2D eigenvalue weighted by molar-refractivity contribution is 8.07. The Morgan fingerprint density at radius 1 is 0.931 bits per heavy atom. The van der Waals surface area contributed by atoms with Crippen LogP contribution in [0.1, 0.15) is 0 Å². The Kier molecular flexibility index (Phi) is 4.81. The molecule has 2 N–H and O–H groups in total. The number of benzene rings is 2. The largest absolute Gasteiger partial charge is 0.443 e. The van der Waals surface area contributed by atoms with Gasteiger partial charge in [-0.3, -0.25) is 14.4 Å². The van der Waals surface area contributed by atoms with E-state index < -0.39 is 20.0 Å². The number of furan rings is 1. The lowest BCUT2D eigenvalue weighted by atomic mass is 10.3. The van der Waals surface area contributed by atoms with Gasteiger partial charge >= 0.3 is 0 Å². The Morgan fingerprint density at radius 3 is 2.41 bits per heavy atom. The van der Waals surface area contributed by atoms with Crippen molar-refractivity contribution in [2.24, 2.45) is 9.98 Å². The Labute approximate surface area is 171 Å². The Balaban J connectivity index is 1.68. The van der Waals surface area contributed by atoms with Crippen LogP contribution in [-0.2, 0) is 20.0 Å². The average Bonchev–Trinajstić information content (AvgIpc) is 3.33. The van der Waals surface area contributed by atoms with Crippen molar-refractivity contribution >= 4 is 65.4 Å². The quantitative estimate of drug-likeness (QED) is 0.614. The first-order chi connectivity index (χ1) is 13.7. The lowest BCUT2D eigenvalue weighted by Gasteiger charge is -2.14. The van der Waals surface area contributed by atoms with Crippen molar-refractivity contribution in [3.05, 3.63) is 53.6 Å². The lowest BCUT2D eigenvalue weighted by Crippen LogP contribution is -2.25. The van der Waals surface area contributed by atoms with E-state index in [2.05, 4.69) is 19.4 Å². The van der Waals surface area contributed by atoms with Crippen molar-refractivity contribution in [3.63, 3.8) is 0 Å². The van der Waals surface area contributed by atoms with Crippen LogP contribution in [0.15, 0.2) is 68.0 Å². The number of sulfonamides is 2. The zero-order valence-electron chi connectivity index (χ0n) is 14.5. The summed E-state index contributed by atoms with van der Waals surface area (Å²) in [7, 11) is -8.17. The number of para-hydroxylation sites is 1. The summed E-state index contributed by atoms with van der Waals surface area (Å²) in [5, 5.41) is 0.315. The van der Waals surface area contributed by atoms with Gasteiger partial charge in [-0.25, -0.2) is 4.99 Å². The minimum Gasteiger partial charge on any atom is -0.443 e. The molecule has 0 bridgehead atoms. The third-order valence-electron chi connectivity index (χ3n) is 3.96. The Morgan fingerprint density at radius 2 is 1.69 bits per heavy atom. The first kappa shape index (κ1) is 19.4. The molecular formula is C17H13ClN4O5S2. The van der Waals surface area contributed by atoms with Crippen molar-refractivity contribution in [1.29, 1.82) is 0 Å². The molecular weight excluding hydrogens is 440 g/mol. The molecule has 0 atom stereocenters. The van der Waals surface area contributed by atoms with E-state index in [-0.39, 0.29) is 33.1 Å². The fourth-order valence-electron chi connectivity index (χ4n) is 2.60. The highest BCUT2D eigenvalue weighted by Gasteiger charge is 2.25. The molecule has 2 heterocycles. The van der Waals surface area contributed by atoms with Crippen molar-refractivity contribution < 1.29 is 21.3 Å². The van der Waals surface area contributed by atoms with Crippen molar-refractivity contribution in [2.45, 2.75) is 5.09 Å². The minimum atomic E-state index is -4.15. The first-order valence-electron chi connectivity index (χ1n) is 8.13. The van der Waals surface area contributed by atoms with Crippen molar-refractivity contribution in [3.8, 4) is 0 Å². The molecule has 1 aliphatic heterocycles. The van der Waals surface area contributed by atoms with Gasteiger partial charge in [-0.15, -0.1) is 0 Å². The Bertz CT molecular complexity index is 1340. The number of aliphatic imine (C=N–C) groups is 2. The van der Waals surface area contributed by atoms with Crippen LogP contribution in [0.3, 0.4) is 0 Å². The summed E-state index contributed by atoms with van der Waals surface area (Å²) < 4.78 is 60.5. The summed E-state index contributed by atoms with van der Waals surface area (Å²) in [6.07, 6.45) is 1.14. The van der Waals surface area contributed by atoms with Gasteiger partial charge in [0.2, 0.25) is 5.09 Å². The standard InChI is InChI=1S/C17H13ClN4O5S2/c18-12-5-6-13(21-28(23,24)16-9-19-10-20-16)14(8-12)22-29(25,26)17-7-11-3-1-2-4-15(11)27-17/h1-8,10,21-22H,9H2. The third kappa shape index (κ3) is 3.97. The molecule has 0 saturated heterocycles. The maximum atomic E-state index is 12.8. The summed E-state index contributed by atoms with van der Waals surface area (Å²) in [6, 6.07) is 12.2. The van der Waals surface area contributed by atoms with Gasteiger partial charge in [0.1, 0.15) is 11.9 Å². The first-order valence-corrected chi connectivity index (χ1v) is 11.5. The minimum absolute atomic E-state index is 0.0244. The van der Waals surface area contributed by atoms with E-state index in [0.717, 1.165) is 6.34 Å². The zero-order valence-corrected chi connectivity index (χ0v) is 16.9. The molecule has 0 radical (unpaired) electrons. The zero-order chi connectivity index (χ0) is 20.6. The fraction of sp³-hybridized carbons (Fsp3) is 0.0588.